The van der Waals surface area contributed by atoms with Gasteiger partial charge in [-0.3, -0.25) is 4.79 Å². The summed E-state index contributed by atoms with van der Waals surface area (Å²) in [5.41, 5.74) is 0.293. The zero-order valence-corrected chi connectivity index (χ0v) is 13.4. The molecule has 0 saturated heterocycles. The minimum Gasteiger partial charge on any atom is -0.497 e. The van der Waals surface area contributed by atoms with Crippen molar-refractivity contribution in [2.75, 3.05) is 13.7 Å². The van der Waals surface area contributed by atoms with E-state index in [1.807, 2.05) is 13.8 Å². The third-order valence-corrected chi connectivity index (χ3v) is 3.02. The van der Waals surface area contributed by atoms with Crippen molar-refractivity contribution >= 4 is 11.9 Å². The van der Waals surface area contributed by atoms with Gasteiger partial charge in [-0.2, -0.15) is 0 Å². The molecule has 1 unspecified atom stereocenters. The van der Waals surface area contributed by atoms with Crippen molar-refractivity contribution in [1.82, 2.24) is 5.32 Å². The zero-order valence-electron chi connectivity index (χ0n) is 13.4. The van der Waals surface area contributed by atoms with E-state index < -0.39 is 17.9 Å². The Labute approximate surface area is 130 Å². The second-order valence-corrected chi connectivity index (χ2v) is 5.34. The van der Waals surface area contributed by atoms with E-state index in [-0.39, 0.29) is 0 Å². The van der Waals surface area contributed by atoms with Gasteiger partial charge in [0.05, 0.1) is 19.3 Å². The molecule has 1 amide bonds. The van der Waals surface area contributed by atoms with E-state index in [0.29, 0.717) is 36.0 Å². The molecule has 0 aromatic heterocycles. The van der Waals surface area contributed by atoms with E-state index in [9.17, 15) is 9.59 Å². The molecule has 0 aliphatic rings. The summed E-state index contributed by atoms with van der Waals surface area (Å²) in [5, 5.41) is 11.5. The normalized spacial score (nSPS) is 11.9. The molecule has 0 heterocycles. The first-order chi connectivity index (χ1) is 10.4. The number of hydrogen-bond donors (Lipinski definition) is 2. The predicted octanol–water partition coefficient (Wildman–Crippen LogP) is 2.32. The number of rotatable bonds is 8. The van der Waals surface area contributed by atoms with Gasteiger partial charge in [-0.1, -0.05) is 20.8 Å². The molecule has 1 aromatic rings. The first-order valence-electron chi connectivity index (χ1n) is 7.23. The van der Waals surface area contributed by atoms with Crippen LogP contribution in [0.2, 0.25) is 0 Å². The second kappa shape index (κ2) is 8.26. The van der Waals surface area contributed by atoms with E-state index in [0.717, 1.165) is 0 Å². The van der Waals surface area contributed by atoms with Crippen LogP contribution in [0.3, 0.4) is 0 Å². The van der Waals surface area contributed by atoms with Gasteiger partial charge in [0.1, 0.15) is 17.5 Å². The molecular formula is C16H23NO5. The highest BCUT2D eigenvalue weighted by Gasteiger charge is 2.21. The molecule has 6 heteroatoms. The van der Waals surface area contributed by atoms with Crippen LogP contribution in [-0.4, -0.2) is 36.7 Å². The minimum absolute atomic E-state index is 0.293. The van der Waals surface area contributed by atoms with Crippen molar-refractivity contribution in [2.24, 2.45) is 5.92 Å². The molecule has 1 aromatic carbocycles. The monoisotopic (exact) mass is 309 g/mol. The Kier molecular flexibility index (Phi) is 6.69. The van der Waals surface area contributed by atoms with Crippen LogP contribution in [0.1, 0.15) is 37.6 Å². The number of nitrogens with one attached hydrogen (secondary N) is 1. The van der Waals surface area contributed by atoms with Crippen LogP contribution in [0.5, 0.6) is 11.5 Å². The quantitative estimate of drug-likeness (QED) is 0.770. The Morgan fingerprint density at radius 3 is 2.50 bits per heavy atom. The van der Waals surface area contributed by atoms with Gasteiger partial charge < -0.3 is 19.9 Å². The van der Waals surface area contributed by atoms with Crippen LogP contribution >= 0.6 is 0 Å². The highest BCUT2D eigenvalue weighted by atomic mass is 16.5. The number of amides is 1. The summed E-state index contributed by atoms with van der Waals surface area (Å²) < 4.78 is 10.8. The summed E-state index contributed by atoms with van der Waals surface area (Å²) in [5.74, 6) is -0.291. The van der Waals surface area contributed by atoms with Crippen molar-refractivity contribution in [3.05, 3.63) is 23.8 Å². The standard InChI is InChI=1S/C16H23NO5/c1-5-13(16(19)20)17-15(18)12-7-6-11(21-4)8-14(12)22-9-10(2)3/h6-8,10,13H,5,9H2,1-4H3,(H,17,18)(H,19,20). The summed E-state index contributed by atoms with van der Waals surface area (Å²) in [4.78, 5) is 23.3. The molecule has 0 radical (unpaired) electrons. The van der Waals surface area contributed by atoms with Gasteiger partial charge in [0.15, 0.2) is 0 Å². The van der Waals surface area contributed by atoms with E-state index in [1.165, 1.54) is 7.11 Å². The number of carbonyl (C=O) groups excluding carboxylic acids is 1. The van der Waals surface area contributed by atoms with Crippen molar-refractivity contribution < 1.29 is 24.2 Å². The van der Waals surface area contributed by atoms with Crippen LogP contribution in [-0.2, 0) is 4.79 Å². The Morgan fingerprint density at radius 1 is 1.32 bits per heavy atom. The highest BCUT2D eigenvalue weighted by Crippen LogP contribution is 2.25. The van der Waals surface area contributed by atoms with Gasteiger partial charge in [0, 0.05) is 6.07 Å². The van der Waals surface area contributed by atoms with E-state index in [4.69, 9.17) is 14.6 Å². The van der Waals surface area contributed by atoms with Crippen LogP contribution in [0.4, 0.5) is 0 Å². The van der Waals surface area contributed by atoms with Gasteiger partial charge >= 0.3 is 5.97 Å². The number of carboxylic acid groups (broad SMARTS) is 1. The van der Waals surface area contributed by atoms with E-state index >= 15 is 0 Å². The number of carbonyl (C=O) groups is 2. The first-order valence-corrected chi connectivity index (χ1v) is 7.23. The van der Waals surface area contributed by atoms with Crippen molar-refractivity contribution in [3.63, 3.8) is 0 Å². The Morgan fingerprint density at radius 2 is 2.00 bits per heavy atom. The molecule has 122 valence electrons. The fraction of sp³-hybridized carbons (Fsp3) is 0.500. The fourth-order valence-electron chi connectivity index (χ4n) is 1.77. The number of ether oxygens (including phenoxy) is 2. The van der Waals surface area contributed by atoms with Gasteiger partial charge in [0.2, 0.25) is 0 Å². The fourth-order valence-corrected chi connectivity index (χ4v) is 1.77. The third-order valence-electron chi connectivity index (χ3n) is 3.02. The van der Waals surface area contributed by atoms with Crippen molar-refractivity contribution in [3.8, 4) is 11.5 Å². The van der Waals surface area contributed by atoms with Gasteiger partial charge in [-0.05, 0) is 24.5 Å². The molecule has 0 aliphatic heterocycles. The molecule has 2 N–H and O–H groups in total. The Balaban J connectivity index is 3.00. The molecule has 0 saturated carbocycles. The third kappa shape index (κ3) is 4.95. The average molecular weight is 309 g/mol. The number of methoxy groups -OCH3 is 1. The number of benzene rings is 1. The molecule has 6 nitrogen and oxygen atoms in total. The maximum Gasteiger partial charge on any atom is 0.326 e. The summed E-state index contributed by atoms with van der Waals surface area (Å²) in [6, 6.07) is 3.91. The van der Waals surface area contributed by atoms with Crippen LogP contribution in [0.15, 0.2) is 18.2 Å². The lowest BCUT2D eigenvalue weighted by molar-refractivity contribution is -0.139. The topological polar surface area (TPSA) is 84.9 Å². The first kappa shape index (κ1) is 17.8. The summed E-state index contributed by atoms with van der Waals surface area (Å²) in [6.07, 6.45) is 0.305. The second-order valence-electron chi connectivity index (χ2n) is 5.34. The predicted molar refractivity (Wildman–Crippen MR) is 82.5 cm³/mol. The average Bonchev–Trinajstić information content (AvgIpc) is 2.49. The highest BCUT2D eigenvalue weighted by molar-refractivity contribution is 5.99. The van der Waals surface area contributed by atoms with Gasteiger partial charge in [-0.25, -0.2) is 4.79 Å². The summed E-state index contributed by atoms with van der Waals surface area (Å²) >= 11 is 0. The van der Waals surface area contributed by atoms with Crippen molar-refractivity contribution in [2.45, 2.75) is 33.2 Å². The zero-order chi connectivity index (χ0) is 16.7. The lowest BCUT2D eigenvalue weighted by Crippen LogP contribution is -2.40. The number of carboxylic acids is 1. The Bertz CT molecular complexity index is 527. The molecule has 22 heavy (non-hydrogen) atoms. The smallest absolute Gasteiger partial charge is 0.326 e. The largest absolute Gasteiger partial charge is 0.497 e. The number of hydrogen-bond acceptors (Lipinski definition) is 4. The summed E-state index contributed by atoms with van der Waals surface area (Å²) in [7, 11) is 1.53. The summed E-state index contributed by atoms with van der Waals surface area (Å²) in [6.45, 7) is 6.14. The maximum absolute atomic E-state index is 12.3. The van der Waals surface area contributed by atoms with Crippen LogP contribution < -0.4 is 14.8 Å². The van der Waals surface area contributed by atoms with Gasteiger partial charge in [-0.15, -0.1) is 0 Å². The lowest BCUT2D eigenvalue weighted by Gasteiger charge is -2.16. The van der Waals surface area contributed by atoms with E-state index in [2.05, 4.69) is 5.32 Å². The molecule has 1 rings (SSSR count). The van der Waals surface area contributed by atoms with Crippen LogP contribution in [0, 0.1) is 5.92 Å². The van der Waals surface area contributed by atoms with Gasteiger partial charge in [0.25, 0.3) is 5.91 Å². The molecule has 0 aliphatic carbocycles. The maximum atomic E-state index is 12.3. The van der Waals surface area contributed by atoms with Crippen molar-refractivity contribution in [1.29, 1.82) is 0 Å². The Hall–Kier alpha value is -2.24. The lowest BCUT2D eigenvalue weighted by atomic mass is 10.1. The molecule has 0 fully saturated rings. The van der Waals surface area contributed by atoms with Crippen LogP contribution in [0.25, 0.3) is 0 Å². The molecule has 0 bridgehead atoms. The van der Waals surface area contributed by atoms with E-state index in [1.54, 1.807) is 25.1 Å². The minimum atomic E-state index is -1.06. The number of aliphatic carboxylic acids is 1. The molecule has 1 atom stereocenters. The SMILES string of the molecule is CCC(NC(=O)c1ccc(OC)cc1OCC(C)C)C(=O)O. The molecule has 0 spiro atoms. The molecular weight excluding hydrogens is 286 g/mol.